The van der Waals surface area contributed by atoms with Gasteiger partial charge in [-0.1, -0.05) is 24.3 Å². The topological polar surface area (TPSA) is 75.4 Å². The molecule has 7 nitrogen and oxygen atoms in total. The molecule has 1 aliphatic heterocycles. The van der Waals surface area contributed by atoms with Crippen LogP contribution in [0.5, 0.6) is 0 Å². The summed E-state index contributed by atoms with van der Waals surface area (Å²) in [5.74, 6) is 1.09. The number of hydrogen-bond donors (Lipinski definition) is 0. The van der Waals surface area contributed by atoms with Crippen LogP contribution in [0.15, 0.2) is 59.1 Å². The molecule has 3 heterocycles. The van der Waals surface area contributed by atoms with Gasteiger partial charge < -0.3 is 14.2 Å². The molecule has 0 bridgehead atoms. The third-order valence-corrected chi connectivity index (χ3v) is 4.17. The lowest BCUT2D eigenvalue weighted by molar-refractivity contribution is 0.0707. The number of carbonyl (C=O) groups excluding carboxylic acids is 1. The van der Waals surface area contributed by atoms with E-state index in [1.807, 2.05) is 48.5 Å². The first-order valence-electron chi connectivity index (χ1n) is 8.15. The van der Waals surface area contributed by atoms with Gasteiger partial charge in [-0.05, 0) is 24.3 Å². The van der Waals surface area contributed by atoms with E-state index < -0.39 is 0 Å². The Morgan fingerprint density at radius 1 is 0.920 bits per heavy atom. The molecule has 3 aromatic rings. The van der Waals surface area contributed by atoms with E-state index in [2.05, 4.69) is 20.1 Å². The van der Waals surface area contributed by atoms with Crippen molar-refractivity contribution in [3.63, 3.8) is 0 Å². The van der Waals surface area contributed by atoms with Crippen molar-refractivity contribution in [2.75, 3.05) is 31.1 Å². The minimum atomic E-state index is -0.227. The number of pyridine rings is 1. The molecule has 126 valence electrons. The number of piperazine rings is 1. The van der Waals surface area contributed by atoms with Gasteiger partial charge in [0.05, 0.1) is 0 Å². The average Bonchev–Trinajstić information content (AvgIpc) is 3.19. The highest BCUT2D eigenvalue weighted by molar-refractivity contribution is 5.90. The first-order valence-corrected chi connectivity index (χ1v) is 8.15. The number of anilines is 1. The molecule has 25 heavy (non-hydrogen) atoms. The van der Waals surface area contributed by atoms with Gasteiger partial charge in [0, 0.05) is 37.9 Å². The van der Waals surface area contributed by atoms with E-state index in [0.717, 1.165) is 24.5 Å². The molecule has 1 aromatic carbocycles. The van der Waals surface area contributed by atoms with Gasteiger partial charge in [0.15, 0.2) is 0 Å². The molecule has 1 saturated heterocycles. The van der Waals surface area contributed by atoms with Crippen molar-refractivity contribution in [2.45, 2.75) is 0 Å². The molecule has 0 atom stereocenters. The van der Waals surface area contributed by atoms with E-state index >= 15 is 0 Å². The molecule has 0 saturated carbocycles. The van der Waals surface area contributed by atoms with Crippen LogP contribution in [0, 0.1) is 0 Å². The van der Waals surface area contributed by atoms with E-state index in [1.165, 1.54) is 0 Å². The van der Waals surface area contributed by atoms with Crippen LogP contribution in [0.3, 0.4) is 0 Å². The fraction of sp³-hybridized carbons (Fsp3) is 0.222. The zero-order valence-electron chi connectivity index (χ0n) is 13.6. The monoisotopic (exact) mass is 335 g/mol. The third-order valence-electron chi connectivity index (χ3n) is 4.17. The first-order chi connectivity index (χ1) is 12.3. The maximum absolute atomic E-state index is 12.6. The van der Waals surface area contributed by atoms with E-state index in [0.29, 0.717) is 19.0 Å². The summed E-state index contributed by atoms with van der Waals surface area (Å²) in [6.45, 7) is 2.64. The number of rotatable bonds is 3. The lowest BCUT2D eigenvalue weighted by Gasteiger charge is -2.34. The summed E-state index contributed by atoms with van der Waals surface area (Å²) < 4.78 is 5.56. The predicted octanol–water partition coefficient (Wildman–Crippen LogP) is 2.09. The van der Waals surface area contributed by atoms with Crippen LogP contribution >= 0.6 is 0 Å². The lowest BCUT2D eigenvalue weighted by atomic mass is 10.2. The van der Waals surface area contributed by atoms with Crippen LogP contribution < -0.4 is 4.90 Å². The smallest absolute Gasteiger partial charge is 0.311 e. The fourth-order valence-electron chi connectivity index (χ4n) is 2.82. The highest BCUT2D eigenvalue weighted by Crippen LogP contribution is 2.19. The zero-order chi connectivity index (χ0) is 17.1. The number of benzene rings is 1. The number of hydrogen-bond acceptors (Lipinski definition) is 6. The Bertz CT molecular complexity index is 842. The minimum Gasteiger partial charge on any atom is -0.412 e. The molecule has 4 rings (SSSR count). The summed E-state index contributed by atoms with van der Waals surface area (Å²) in [6.07, 6.45) is 1.77. The normalized spacial score (nSPS) is 14.6. The maximum atomic E-state index is 12.6. The van der Waals surface area contributed by atoms with Crippen LogP contribution in [0.25, 0.3) is 11.5 Å². The molecule has 1 fully saturated rings. The summed E-state index contributed by atoms with van der Waals surface area (Å²) in [5, 5.41) is 7.89. The summed E-state index contributed by atoms with van der Waals surface area (Å²) in [5.41, 5.74) is 0.800. The summed E-state index contributed by atoms with van der Waals surface area (Å²) in [7, 11) is 0. The molecule has 0 unspecified atom stereocenters. The van der Waals surface area contributed by atoms with Crippen LogP contribution in [-0.4, -0.2) is 52.2 Å². The molecule has 0 N–H and O–H groups in total. The summed E-state index contributed by atoms with van der Waals surface area (Å²) in [6, 6.07) is 15.2. The Labute approximate surface area is 144 Å². The number of carbonyl (C=O) groups is 1. The SMILES string of the molecule is O=C(c1nnc(-c2ccccc2)o1)N1CCN(c2ccccn2)CC1. The van der Waals surface area contributed by atoms with E-state index in [-0.39, 0.29) is 11.8 Å². The van der Waals surface area contributed by atoms with Crippen LogP contribution in [0.1, 0.15) is 10.7 Å². The summed E-state index contributed by atoms with van der Waals surface area (Å²) >= 11 is 0. The molecule has 1 aliphatic rings. The van der Waals surface area contributed by atoms with Crippen molar-refractivity contribution in [1.29, 1.82) is 0 Å². The van der Waals surface area contributed by atoms with Crippen LogP contribution in [0.4, 0.5) is 5.82 Å². The number of aromatic nitrogens is 3. The highest BCUT2D eigenvalue weighted by Gasteiger charge is 2.26. The molecule has 0 radical (unpaired) electrons. The molecular formula is C18H17N5O2. The van der Waals surface area contributed by atoms with Crippen molar-refractivity contribution >= 4 is 11.7 Å². The molecule has 2 aromatic heterocycles. The maximum Gasteiger partial charge on any atom is 0.311 e. The highest BCUT2D eigenvalue weighted by atomic mass is 16.4. The Morgan fingerprint density at radius 3 is 2.40 bits per heavy atom. The van der Waals surface area contributed by atoms with Gasteiger partial charge in [-0.2, -0.15) is 0 Å². The first kappa shape index (κ1) is 15.3. The van der Waals surface area contributed by atoms with Crippen molar-refractivity contribution in [1.82, 2.24) is 20.1 Å². The Morgan fingerprint density at radius 2 is 1.68 bits per heavy atom. The van der Waals surface area contributed by atoms with Crippen molar-refractivity contribution < 1.29 is 9.21 Å². The standard InChI is InChI=1S/C18H17N5O2/c24-18(17-21-20-16(25-17)14-6-2-1-3-7-14)23-12-10-22(11-13-23)15-8-4-5-9-19-15/h1-9H,10-13H2. The minimum absolute atomic E-state index is 0.0325. The van der Waals surface area contributed by atoms with Crippen molar-refractivity contribution in [2.24, 2.45) is 0 Å². The van der Waals surface area contributed by atoms with Gasteiger partial charge in [0.25, 0.3) is 0 Å². The van der Waals surface area contributed by atoms with Crippen molar-refractivity contribution in [3.05, 3.63) is 60.6 Å². The predicted molar refractivity (Wildman–Crippen MR) is 92.1 cm³/mol. The Balaban J connectivity index is 1.42. The van der Waals surface area contributed by atoms with E-state index in [1.54, 1.807) is 11.1 Å². The van der Waals surface area contributed by atoms with Gasteiger partial charge in [-0.25, -0.2) is 4.98 Å². The van der Waals surface area contributed by atoms with Crippen LogP contribution in [0.2, 0.25) is 0 Å². The van der Waals surface area contributed by atoms with Gasteiger partial charge in [-0.15, -0.1) is 10.2 Å². The second kappa shape index (κ2) is 6.72. The van der Waals surface area contributed by atoms with Crippen LogP contribution in [-0.2, 0) is 0 Å². The number of amides is 1. The quantitative estimate of drug-likeness (QED) is 0.729. The van der Waals surface area contributed by atoms with E-state index in [4.69, 9.17) is 4.42 Å². The second-order valence-electron chi connectivity index (χ2n) is 5.75. The lowest BCUT2D eigenvalue weighted by Crippen LogP contribution is -2.49. The van der Waals surface area contributed by atoms with Gasteiger partial charge >= 0.3 is 11.8 Å². The molecule has 0 spiro atoms. The molecule has 0 aliphatic carbocycles. The van der Waals surface area contributed by atoms with Gasteiger partial charge in [0.1, 0.15) is 5.82 Å². The molecular weight excluding hydrogens is 318 g/mol. The third kappa shape index (κ3) is 3.21. The van der Waals surface area contributed by atoms with Crippen molar-refractivity contribution in [3.8, 4) is 11.5 Å². The average molecular weight is 335 g/mol. The van der Waals surface area contributed by atoms with E-state index in [9.17, 15) is 4.79 Å². The second-order valence-corrected chi connectivity index (χ2v) is 5.75. The Kier molecular flexibility index (Phi) is 4.12. The largest absolute Gasteiger partial charge is 0.412 e. The molecule has 7 heteroatoms. The Hall–Kier alpha value is -3.22. The molecule has 1 amide bonds. The van der Waals surface area contributed by atoms with Gasteiger partial charge in [-0.3, -0.25) is 4.79 Å². The van der Waals surface area contributed by atoms with Gasteiger partial charge in [0.2, 0.25) is 5.89 Å². The zero-order valence-corrected chi connectivity index (χ0v) is 13.6. The number of nitrogens with zero attached hydrogens (tertiary/aromatic N) is 5. The summed E-state index contributed by atoms with van der Waals surface area (Å²) in [4.78, 5) is 20.8. The fourth-order valence-corrected chi connectivity index (χ4v) is 2.82.